The molecule has 8 heteroatoms. The second-order valence-corrected chi connectivity index (χ2v) is 6.98. The topological polar surface area (TPSA) is 78.1 Å². The molecule has 0 saturated carbocycles. The summed E-state index contributed by atoms with van der Waals surface area (Å²) in [6, 6.07) is 7.53. The Balaban J connectivity index is 1.56. The molecule has 7 nitrogen and oxygen atoms in total. The first-order chi connectivity index (χ1) is 14.1. The van der Waals surface area contributed by atoms with Crippen molar-refractivity contribution in [2.75, 3.05) is 21.0 Å². The first-order valence-electron chi connectivity index (χ1n) is 9.41. The summed E-state index contributed by atoms with van der Waals surface area (Å²) in [6.07, 6.45) is 0.956. The van der Waals surface area contributed by atoms with Gasteiger partial charge in [0.25, 0.3) is 0 Å². The monoisotopic (exact) mass is 402 g/mol. The van der Waals surface area contributed by atoms with Gasteiger partial charge in [-0.05, 0) is 30.7 Å². The number of rotatable bonds is 6. The third-order valence-electron chi connectivity index (χ3n) is 5.27. The van der Waals surface area contributed by atoms with Crippen molar-refractivity contribution in [3.63, 3.8) is 0 Å². The summed E-state index contributed by atoms with van der Waals surface area (Å²) in [4.78, 5) is 12.0. The van der Waals surface area contributed by atoms with E-state index in [1.165, 1.54) is 13.2 Å². The maximum absolute atomic E-state index is 14.5. The molecule has 0 aromatic heterocycles. The van der Waals surface area contributed by atoms with E-state index in [1.54, 1.807) is 25.3 Å². The molecule has 0 aliphatic carbocycles. The van der Waals surface area contributed by atoms with Gasteiger partial charge in [-0.3, -0.25) is 4.79 Å². The van der Waals surface area contributed by atoms with Gasteiger partial charge < -0.3 is 29.6 Å². The second kappa shape index (κ2) is 8.16. The van der Waals surface area contributed by atoms with Gasteiger partial charge >= 0.3 is 0 Å². The van der Waals surface area contributed by atoms with E-state index in [0.29, 0.717) is 47.9 Å². The molecule has 2 N–H and O–H groups in total. The Kier molecular flexibility index (Phi) is 5.44. The van der Waals surface area contributed by atoms with Crippen LogP contribution >= 0.6 is 0 Å². The van der Waals surface area contributed by atoms with Crippen molar-refractivity contribution >= 4 is 5.91 Å². The number of methoxy groups -OCH3 is 2. The molecule has 2 aromatic carbocycles. The summed E-state index contributed by atoms with van der Waals surface area (Å²) in [7, 11) is 3.12. The van der Waals surface area contributed by atoms with Crippen LogP contribution in [-0.2, 0) is 11.3 Å². The highest BCUT2D eigenvalue weighted by atomic mass is 19.1. The van der Waals surface area contributed by atoms with Crippen LogP contribution in [0.3, 0.4) is 0 Å². The largest absolute Gasteiger partial charge is 0.497 e. The molecule has 0 radical (unpaired) electrons. The predicted molar refractivity (Wildman–Crippen MR) is 103 cm³/mol. The molecule has 29 heavy (non-hydrogen) atoms. The highest BCUT2D eigenvalue weighted by molar-refractivity contribution is 5.77. The van der Waals surface area contributed by atoms with Crippen molar-refractivity contribution in [1.82, 2.24) is 10.6 Å². The van der Waals surface area contributed by atoms with Gasteiger partial charge in [0, 0.05) is 36.2 Å². The van der Waals surface area contributed by atoms with Gasteiger partial charge in [-0.2, -0.15) is 0 Å². The first kappa shape index (κ1) is 19.3. The van der Waals surface area contributed by atoms with Gasteiger partial charge in [-0.15, -0.1) is 0 Å². The molecule has 1 fully saturated rings. The zero-order valence-corrected chi connectivity index (χ0v) is 16.3. The second-order valence-electron chi connectivity index (χ2n) is 6.98. The van der Waals surface area contributed by atoms with Crippen molar-refractivity contribution in [2.45, 2.75) is 31.5 Å². The van der Waals surface area contributed by atoms with Crippen LogP contribution in [0, 0.1) is 5.82 Å². The average Bonchev–Trinajstić information content (AvgIpc) is 3.19. The van der Waals surface area contributed by atoms with Gasteiger partial charge in [0.15, 0.2) is 11.5 Å². The standard InChI is InChI=1S/C21H23FN2O5/c1-26-13-3-4-15(22)14(8-13)21-16(5-6-20(25)24-21)23-10-12-7-18-19(29-11-28-18)9-17(12)27-2/h3-4,7-9,16,21,23H,5-6,10-11H2,1-2H3,(H,24,25)/t16-,21+/m1/s1. The summed E-state index contributed by atoms with van der Waals surface area (Å²) in [5, 5.41) is 6.35. The Bertz CT molecular complexity index is 920. The van der Waals surface area contributed by atoms with Crippen molar-refractivity contribution in [2.24, 2.45) is 0 Å². The fraction of sp³-hybridized carbons (Fsp3) is 0.381. The number of benzene rings is 2. The molecule has 154 valence electrons. The van der Waals surface area contributed by atoms with Crippen LogP contribution in [0.25, 0.3) is 0 Å². The number of hydrogen-bond acceptors (Lipinski definition) is 6. The van der Waals surface area contributed by atoms with E-state index in [9.17, 15) is 9.18 Å². The molecule has 2 atom stereocenters. The van der Waals surface area contributed by atoms with E-state index in [4.69, 9.17) is 18.9 Å². The SMILES string of the molecule is COc1ccc(F)c([C@@H]2NC(=O)CC[C@H]2NCc2cc3c(cc2OC)OCO3)c1. The lowest BCUT2D eigenvalue weighted by Gasteiger charge is -2.34. The van der Waals surface area contributed by atoms with Crippen LogP contribution in [0.5, 0.6) is 23.0 Å². The molecule has 1 saturated heterocycles. The van der Waals surface area contributed by atoms with Crippen molar-refractivity contribution in [3.8, 4) is 23.0 Å². The van der Waals surface area contributed by atoms with E-state index < -0.39 is 6.04 Å². The molecular weight excluding hydrogens is 379 g/mol. The molecule has 0 unspecified atom stereocenters. The van der Waals surface area contributed by atoms with E-state index in [0.717, 1.165) is 5.56 Å². The molecule has 2 aliphatic heterocycles. The summed E-state index contributed by atoms with van der Waals surface area (Å²) in [5.74, 6) is 2.03. The Morgan fingerprint density at radius 1 is 1.17 bits per heavy atom. The lowest BCUT2D eigenvalue weighted by atomic mass is 9.91. The lowest BCUT2D eigenvalue weighted by Crippen LogP contribution is -2.48. The first-order valence-corrected chi connectivity index (χ1v) is 9.41. The molecule has 2 aliphatic rings. The van der Waals surface area contributed by atoms with E-state index in [-0.39, 0.29) is 24.6 Å². The number of halogens is 1. The Labute approximate surface area is 168 Å². The maximum Gasteiger partial charge on any atom is 0.231 e. The zero-order chi connectivity index (χ0) is 20.4. The maximum atomic E-state index is 14.5. The summed E-state index contributed by atoms with van der Waals surface area (Å²) < 4.78 is 36.1. The smallest absolute Gasteiger partial charge is 0.231 e. The molecular formula is C21H23FN2O5. The number of carbonyl (C=O) groups excluding carboxylic acids is 1. The third kappa shape index (κ3) is 3.93. The Hall–Kier alpha value is -3.00. The van der Waals surface area contributed by atoms with Crippen molar-refractivity contribution in [1.29, 1.82) is 0 Å². The van der Waals surface area contributed by atoms with Crippen molar-refractivity contribution < 1.29 is 28.1 Å². The predicted octanol–water partition coefficient (Wildman–Crippen LogP) is 2.68. The van der Waals surface area contributed by atoms with Crippen LogP contribution in [0.1, 0.15) is 30.0 Å². The van der Waals surface area contributed by atoms with Crippen LogP contribution in [0.4, 0.5) is 4.39 Å². The molecule has 1 amide bonds. The third-order valence-corrected chi connectivity index (χ3v) is 5.27. The van der Waals surface area contributed by atoms with Gasteiger partial charge in [0.05, 0.1) is 20.3 Å². The van der Waals surface area contributed by atoms with Gasteiger partial charge in [-0.1, -0.05) is 0 Å². The zero-order valence-electron chi connectivity index (χ0n) is 16.3. The Morgan fingerprint density at radius 3 is 2.72 bits per heavy atom. The molecule has 4 rings (SSSR count). The molecule has 2 aromatic rings. The number of nitrogens with one attached hydrogen (secondary N) is 2. The van der Waals surface area contributed by atoms with E-state index in [2.05, 4.69) is 10.6 Å². The molecule has 0 spiro atoms. The number of hydrogen-bond donors (Lipinski definition) is 2. The van der Waals surface area contributed by atoms with Crippen LogP contribution in [0.2, 0.25) is 0 Å². The number of carbonyl (C=O) groups is 1. The van der Waals surface area contributed by atoms with Gasteiger partial charge in [0.2, 0.25) is 12.7 Å². The van der Waals surface area contributed by atoms with Crippen LogP contribution < -0.4 is 29.6 Å². The highest BCUT2D eigenvalue weighted by Crippen LogP contribution is 2.38. The van der Waals surface area contributed by atoms with Crippen LogP contribution in [-0.4, -0.2) is 33.0 Å². The van der Waals surface area contributed by atoms with Crippen LogP contribution in [0.15, 0.2) is 30.3 Å². The lowest BCUT2D eigenvalue weighted by molar-refractivity contribution is -0.123. The minimum atomic E-state index is -0.508. The summed E-state index contributed by atoms with van der Waals surface area (Å²) >= 11 is 0. The van der Waals surface area contributed by atoms with Crippen molar-refractivity contribution in [3.05, 3.63) is 47.3 Å². The van der Waals surface area contributed by atoms with E-state index >= 15 is 0 Å². The van der Waals surface area contributed by atoms with Gasteiger partial charge in [0.1, 0.15) is 17.3 Å². The molecule has 0 bridgehead atoms. The number of fused-ring (bicyclic) bond motifs is 1. The minimum absolute atomic E-state index is 0.101. The van der Waals surface area contributed by atoms with Gasteiger partial charge in [-0.25, -0.2) is 4.39 Å². The molecule has 2 heterocycles. The normalized spacial score (nSPS) is 20.3. The summed E-state index contributed by atoms with van der Waals surface area (Å²) in [5.41, 5.74) is 1.28. The quantitative estimate of drug-likeness (QED) is 0.774. The number of ether oxygens (including phenoxy) is 4. The fourth-order valence-electron chi connectivity index (χ4n) is 3.74. The number of amides is 1. The Morgan fingerprint density at radius 2 is 1.97 bits per heavy atom. The highest BCUT2D eigenvalue weighted by Gasteiger charge is 2.32. The van der Waals surface area contributed by atoms with E-state index in [1.807, 2.05) is 6.07 Å². The fourth-order valence-corrected chi connectivity index (χ4v) is 3.74. The average molecular weight is 402 g/mol. The number of piperidine rings is 1. The minimum Gasteiger partial charge on any atom is -0.497 e. The summed E-state index contributed by atoms with van der Waals surface area (Å²) in [6.45, 7) is 0.643.